The molecule has 0 radical (unpaired) electrons. The van der Waals surface area contributed by atoms with Gasteiger partial charge in [0, 0.05) is 19.5 Å². The average molecular weight is 1380 g/mol. The minimum absolute atomic E-state index is 0.109. The van der Waals surface area contributed by atoms with Crippen LogP contribution < -0.4 is 10.6 Å². The van der Waals surface area contributed by atoms with Crippen LogP contribution in [0.3, 0.4) is 0 Å². The SMILES string of the molecule is CCCCCCCCCCCCCC(=O)NCCOCCOCCOCCOCCOCCOCCOCCOCCOCCOCCOCCOCCOCCOCCOCCOCCOCCOCCOCCOCCOCCOCCOCCNC(=O)OC(C)(C)C. The monoisotopic (exact) mass is 1380 g/mol. The quantitative estimate of drug-likeness (QED) is 0.0690. The molecule has 2 amide bonds. The predicted molar refractivity (Wildman–Crippen MR) is 357 cm³/mol. The van der Waals surface area contributed by atoms with Crippen molar-refractivity contribution in [3.8, 4) is 0 Å². The second-order valence-electron chi connectivity index (χ2n) is 22.1. The van der Waals surface area contributed by atoms with E-state index >= 15 is 0 Å². The fourth-order valence-corrected chi connectivity index (χ4v) is 7.78. The predicted octanol–water partition coefficient (Wildman–Crippen LogP) is 5.71. The number of carbonyl (C=O) groups is 2. The molecule has 2 N–H and O–H groups in total. The van der Waals surface area contributed by atoms with E-state index in [0.29, 0.717) is 323 Å². The summed E-state index contributed by atoms with van der Waals surface area (Å²) in [5.41, 5.74) is -0.522. The summed E-state index contributed by atoms with van der Waals surface area (Å²) in [5, 5.41) is 5.57. The fraction of sp³-hybridized carbons (Fsp3) is 0.970. The standard InChI is InChI=1S/C67H134N2O26/c1-5-6-7-8-9-10-11-12-13-14-15-16-65(70)68-17-19-72-21-23-74-25-27-76-29-31-78-33-35-80-37-39-82-41-43-84-45-47-86-49-51-88-53-55-90-57-59-92-61-63-94-64-62-93-60-58-91-56-54-89-52-50-87-48-46-85-44-42-83-40-38-81-36-34-79-32-30-77-28-26-75-24-22-73-20-18-69-66(71)95-67(2,3)4/h5-64H2,1-4H3,(H,68,70)(H,69,71). The van der Waals surface area contributed by atoms with E-state index < -0.39 is 11.7 Å². The molecule has 0 aromatic carbocycles. The lowest BCUT2D eigenvalue weighted by Gasteiger charge is -2.19. The van der Waals surface area contributed by atoms with Crippen molar-refractivity contribution in [2.75, 3.05) is 317 Å². The van der Waals surface area contributed by atoms with Crippen molar-refractivity contribution in [1.29, 1.82) is 0 Å². The van der Waals surface area contributed by atoms with Gasteiger partial charge in [0.1, 0.15) is 5.60 Å². The van der Waals surface area contributed by atoms with Crippen LogP contribution in [-0.4, -0.2) is 335 Å². The summed E-state index contributed by atoms with van der Waals surface area (Å²) >= 11 is 0. The van der Waals surface area contributed by atoms with Gasteiger partial charge in [-0.3, -0.25) is 4.79 Å². The van der Waals surface area contributed by atoms with Crippen molar-refractivity contribution in [2.45, 2.75) is 110 Å². The minimum Gasteiger partial charge on any atom is -0.444 e. The summed E-state index contributed by atoms with van der Waals surface area (Å²) in [5.74, 6) is 0.109. The lowest BCUT2D eigenvalue weighted by atomic mass is 10.1. The first-order valence-corrected chi connectivity index (χ1v) is 35.4. The van der Waals surface area contributed by atoms with Gasteiger partial charge in [-0.25, -0.2) is 4.79 Å². The van der Waals surface area contributed by atoms with Crippen LogP contribution in [0.5, 0.6) is 0 Å². The Labute approximate surface area is 571 Å². The summed E-state index contributed by atoms with van der Waals surface area (Å²) < 4.78 is 132. The number of ether oxygens (including phenoxy) is 24. The molecule has 0 spiro atoms. The fourth-order valence-electron chi connectivity index (χ4n) is 7.78. The molecule has 0 aliphatic carbocycles. The van der Waals surface area contributed by atoms with E-state index in [9.17, 15) is 9.59 Å². The molecule has 0 atom stereocenters. The Morgan fingerprint density at radius 2 is 0.379 bits per heavy atom. The highest BCUT2D eigenvalue weighted by molar-refractivity contribution is 5.75. The van der Waals surface area contributed by atoms with Crippen molar-refractivity contribution in [1.82, 2.24) is 10.6 Å². The van der Waals surface area contributed by atoms with Crippen LogP contribution in [0.15, 0.2) is 0 Å². The number of amides is 2. The highest BCUT2D eigenvalue weighted by Gasteiger charge is 2.15. The molecule has 28 nitrogen and oxygen atoms in total. The molecule has 0 saturated carbocycles. The first-order chi connectivity index (χ1) is 46.8. The molecule has 568 valence electrons. The van der Waals surface area contributed by atoms with Crippen molar-refractivity contribution in [3.63, 3.8) is 0 Å². The Morgan fingerprint density at radius 3 is 0.558 bits per heavy atom. The van der Waals surface area contributed by atoms with E-state index in [1.807, 2.05) is 20.8 Å². The molecular formula is C67H134N2O26. The third kappa shape index (κ3) is 87.9. The largest absolute Gasteiger partial charge is 0.444 e. The van der Waals surface area contributed by atoms with Crippen molar-refractivity contribution >= 4 is 12.0 Å². The van der Waals surface area contributed by atoms with Gasteiger partial charge in [0.25, 0.3) is 0 Å². The number of unbranched alkanes of at least 4 members (excludes halogenated alkanes) is 10. The van der Waals surface area contributed by atoms with E-state index in [4.69, 9.17) is 114 Å². The maximum absolute atomic E-state index is 12.0. The lowest BCUT2D eigenvalue weighted by molar-refractivity contribution is -0.121. The van der Waals surface area contributed by atoms with Gasteiger partial charge < -0.3 is 124 Å². The normalized spacial score (nSPS) is 11.8. The number of carbonyl (C=O) groups excluding carboxylic acids is 2. The summed E-state index contributed by atoms with van der Waals surface area (Å²) in [6.07, 6.45) is 14.2. The van der Waals surface area contributed by atoms with Gasteiger partial charge in [-0.1, -0.05) is 71.1 Å². The van der Waals surface area contributed by atoms with Gasteiger partial charge in [-0.05, 0) is 27.2 Å². The molecule has 95 heavy (non-hydrogen) atoms. The second kappa shape index (κ2) is 82.5. The Balaban J connectivity index is 3.12. The van der Waals surface area contributed by atoms with E-state index in [0.717, 1.165) is 12.8 Å². The van der Waals surface area contributed by atoms with Gasteiger partial charge in [0.15, 0.2) is 0 Å². The van der Waals surface area contributed by atoms with Crippen LogP contribution in [0, 0.1) is 0 Å². The first-order valence-electron chi connectivity index (χ1n) is 35.4. The molecule has 0 rings (SSSR count). The highest BCUT2D eigenvalue weighted by Crippen LogP contribution is 2.12. The third-order valence-corrected chi connectivity index (χ3v) is 12.7. The number of nitrogens with one attached hydrogen (secondary N) is 2. The highest BCUT2D eigenvalue weighted by atomic mass is 16.6. The van der Waals surface area contributed by atoms with Gasteiger partial charge in [0.05, 0.1) is 304 Å². The zero-order valence-corrected chi connectivity index (χ0v) is 59.5. The third-order valence-electron chi connectivity index (χ3n) is 12.7. The molecule has 0 aromatic rings. The first kappa shape index (κ1) is 92.8. The molecule has 0 bridgehead atoms. The van der Waals surface area contributed by atoms with Gasteiger partial charge >= 0.3 is 6.09 Å². The lowest BCUT2D eigenvalue weighted by Crippen LogP contribution is -2.34. The molecule has 0 fully saturated rings. The molecule has 0 heterocycles. The van der Waals surface area contributed by atoms with Crippen LogP contribution in [0.25, 0.3) is 0 Å². The zero-order valence-electron chi connectivity index (χ0n) is 59.5. The molecule has 0 unspecified atom stereocenters. The van der Waals surface area contributed by atoms with Gasteiger partial charge in [-0.15, -0.1) is 0 Å². The van der Waals surface area contributed by atoms with E-state index in [1.165, 1.54) is 57.8 Å². The number of rotatable bonds is 84. The topological polar surface area (TPSA) is 280 Å². The van der Waals surface area contributed by atoms with Crippen LogP contribution in [-0.2, 0) is 118 Å². The van der Waals surface area contributed by atoms with Gasteiger partial charge in [0.2, 0.25) is 5.91 Å². The second-order valence-corrected chi connectivity index (χ2v) is 22.1. The Morgan fingerprint density at radius 1 is 0.221 bits per heavy atom. The molecule has 0 aliphatic rings. The van der Waals surface area contributed by atoms with Crippen LogP contribution in [0.2, 0.25) is 0 Å². The zero-order chi connectivity index (χ0) is 68.5. The van der Waals surface area contributed by atoms with E-state index in [2.05, 4.69) is 17.6 Å². The van der Waals surface area contributed by atoms with E-state index in [1.54, 1.807) is 0 Å². The Kier molecular flexibility index (Phi) is 80.6. The maximum Gasteiger partial charge on any atom is 0.407 e. The van der Waals surface area contributed by atoms with Crippen LogP contribution in [0.4, 0.5) is 4.79 Å². The summed E-state index contributed by atoms with van der Waals surface area (Å²) in [6, 6.07) is 0. The van der Waals surface area contributed by atoms with Crippen molar-refractivity contribution in [2.24, 2.45) is 0 Å². The number of hydrogen-bond donors (Lipinski definition) is 2. The van der Waals surface area contributed by atoms with E-state index in [-0.39, 0.29) is 5.91 Å². The minimum atomic E-state index is -0.522. The van der Waals surface area contributed by atoms with Crippen LogP contribution >= 0.6 is 0 Å². The summed E-state index contributed by atoms with van der Waals surface area (Å²) in [6.45, 7) is 30.5. The average Bonchev–Trinajstić information content (AvgIpc) is 2.94. The smallest absolute Gasteiger partial charge is 0.407 e. The molecule has 0 aromatic heterocycles. The molecule has 0 aliphatic heterocycles. The molecule has 28 heteroatoms. The Bertz CT molecular complexity index is 1470. The van der Waals surface area contributed by atoms with Crippen molar-refractivity contribution < 1.29 is 123 Å². The number of hydrogen-bond acceptors (Lipinski definition) is 26. The molecular weight excluding hydrogens is 1250 g/mol. The van der Waals surface area contributed by atoms with Crippen molar-refractivity contribution in [3.05, 3.63) is 0 Å². The summed E-state index contributed by atoms with van der Waals surface area (Å²) in [7, 11) is 0. The van der Waals surface area contributed by atoms with Gasteiger partial charge in [-0.2, -0.15) is 0 Å². The number of alkyl carbamates (subject to hydrolysis) is 1. The maximum atomic E-state index is 12.0. The summed E-state index contributed by atoms with van der Waals surface area (Å²) in [4.78, 5) is 23.6. The Hall–Kier alpha value is -2.18. The molecule has 0 saturated heterocycles. The van der Waals surface area contributed by atoms with Crippen LogP contribution in [0.1, 0.15) is 105 Å².